The molecule has 9 heteroatoms. The number of carboxylic acid groups (broad SMARTS) is 1. The number of benzene rings is 2. The van der Waals surface area contributed by atoms with E-state index in [0.29, 0.717) is 6.42 Å². The number of hydrogen-bond donors (Lipinski definition) is 2. The average Bonchev–Trinajstić information content (AvgIpc) is 3.58. The molecule has 2 fully saturated rings. The molecule has 0 saturated carbocycles. The summed E-state index contributed by atoms with van der Waals surface area (Å²) in [6.07, 6.45) is -1.30. The zero-order valence-corrected chi connectivity index (χ0v) is 19.4. The molecule has 2 aromatic rings. The van der Waals surface area contributed by atoms with Crippen molar-refractivity contribution in [1.29, 1.82) is 0 Å². The summed E-state index contributed by atoms with van der Waals surface area (Å²) in [4.78, 5) is 38.8. The molecule has 1 aliphatic carbocycles. The average molecular weight is 481 g/mol. The lowest BCUT2D eigenvalue weighted by molar-refractivity contribution is -0.152. The van der Waals surface area contributed by atoms with Crippen LogP contribution in [0.15, 0.2) is 48.5 Å². The van der Waals surface area contributed by atoms with E-state index in [1.54, 1.807) is 0 Å². The highest BCUT2D eigenvalue weighted by molar-refractivity contribution is 5.88. The minimum atomic E-state index is -1.09. The van der Waals surface area contributed by atoms with E-state index < -0.39 is 36.2 Å². The molecule has 2 aliphatic heterocycles. The number of likely N-dealkylation sites (tertiary alicyclic amines) is 1. The molecule has 184 valence electrons. The molecule has 0 spiro atoms. The first-order valence-electron chi connectivity index (χ1n) is 11.8. The molecule has 35 heavy (non-hydrogen) atoms. The van der Waals surface area contributed by atoms with Gasteiger partial charge in [-0.15, -0.1) is 0 Å². The van der Waals surface area contributed by atoms with Crippen LogP contribution in [0.3, 0.4) is 0 Å². The third-order valence-electron chi connectivity index (χ3n) is 7.15. The number of methoxy groups -OCH3 is 1. The van der Waals surface area contributed by atoms with Crippen LogP contribution in [0.2, 0.25) is 0 Å². The number of rotatable bonds is 6. The number of carbonyl (C=O) groups is 3. The molecular weight excluding hydrogens is 452 g/mol. The fourth-order valence-electron chi connectivity index (χ4n) is 5.38. The summed E-state index contributed by atoms with van der Waals surface area (Å²) in [6.45, 7) is 0.614. The number of carbonyl (C=O) groups excluding carboxylic acids is 2. The van der Waals surface area contributed by atoms with Crippen LogP contribution < -0.4 is 5.32 Å². The number of carboxylic acids is 1. The molecule has 2 amide bonds. The molecule has 2 saturated heterocycles. The zero-order valence-electron chi connectivity index (χ0n) is 19.4. The highest BCUT2D eigenvalue weighted by Gasteiger charge is 2.46. The van der Waals surface area contributed by atoms with Crippen LogP contribution in [-0.4, -0.2) is 79.1 Å². The first-order valence-corrected chi connectivity index (χ1v) is 11.8. The van der Waals surface area contributed by atoms with Crippen LogP contribution >= 0.6 is 0 Å². The summed E-state index contributed by atoms with van der Waals surface area (Å²) in [7, 11) is 1.49. The van der Waals surface area contributed by atoms with Crippen molar-refractivity contribution in [3.63, 3.8) is 0 Å². The van der Waals surface area contributed by atoms with E-state index in [1.807, 2.05) is 36.4 Å². The Morgan fingerprint density at radius 1 is 1.09 bits per heavy atom. The Morgan fingerprint density at radius 2 is 1.74 bits per heavy atom. The zero-order chi connectivity index (χ0) is 24.5. The number of aliphatic carboxylic acids is 1. The molecule has 2 N–H and O–H groups in total. The molecule has 5 rings (SSSR count). The molecule has 2 aromatic carbocycles. The fourth-order valence-corrected chi connectivity index (χ4v) is 5.38. The van der Waals surface area contributed by atoms with Crippen LogP contribution in [-0.2, 0) is 23.8 Å². The highest BCUT2D eigenvalue weighted by atomic mass is 16.6. The summed E-state index contributed by atoms with van der Waals surface area (Å²) >= 11 is 0. The predicted octanol–water partition coefficient (Wildman–Crippen LogP) is 2.38. The standard InChI is InChI=1S/C26H28N2O7/c1-33-15-12-22(25(30)31)28(13-15)24(29)23-21(10-11-34-23)27-26(32)35-14-20-18-8-4-2-6-16(18)17-7-3-5-9-19(17)20/h2-9,15,20-23H,10-14H2,1H3,(H,27,32)(H,30,31). The summed E-state index contributed by atoms with van der Waals surface area (Å²) in [5.41, 5.74) is 4.50. The third-order valence-corrected chi connectivity index (χ3v) is 7.15. The Balaban J connectivity index is 1.23. The van der Waals surface area contributed by atoms with Crippen molar-refractivity contribution in [2.24, 2.45) is 0 Å². The van der Waals surface area contributed by atoms with Gasteiger partial charge in [0.15, 0.2) is 6.10 Å². The van der Waals surface area contributed by atoms with Gasteiger partial charge in [-0.05, 0) is 28.7 Å². The van der Waals surface area contributed by atoms with Gasteiger partial charge in [0.1, 0.15) is 12.6 Å². The van der Waals surface area contributed by atoms with E-state index in [-0.39, 0.29) is 38.2 Å². The summed E-state index contributed by atoms with van der Waals surface area (Å²) in [5, 5.41) is 12.3. The van der Waals surface area contributed by atoms with Crippen molar-refractivity contribution < 1.29 is 33.7 Å². The van der Waals surface area contributed by atoms with Crippen molar-refractivity contribution in [3.05, 3.63) is 59.7 Å². The van der Waals surface area contributed by atoms with Crippen molar-refractivity contribution in [3.8, 4) is 11.1 Å². The SMILES string of the molecule is COC1CC(C(=O)O)N(C(=O)C2OCCC2NC(=O)OCC2c3ccccc3-c3ccccc32)C1. The van der Waals surface area contributed by atoms with Crippen LogP contribution in [0.5, 0.6) is 0 Å². The molecule has 3 aliphatic rings. The van der Waals surface area contributed by atoms with Gasteiger partial charge in [0.2, 0.25) is 0 Å². The first-order chi connectivity index (χ1) is 17.0. The number of ether oxygens (including phenoxy) is 3. The molecule has 2 heterocycles. The third kappa shape index (κ3) is 4.37. The number of alkyl carbamates (subject to hydrolysis) is 1. The Kier molecular flexibility index (Phi) is 6.44. The molecule has 4 atom stereocenters. The van der Waals surface area contributed by atoms with Gasteiger partial charge < -0.3 is 29.5 Å². The lowest BCUT2D eigenvalue weighted by Gasteiger charge is -2.27. The number of hydrogen-bond acceptors (Lipinski definition) is 6. The maximum Gasteiger partial charge on any atom is 0.407 e. The fraction of sp³-hybridized carbons (Fsp3) is 0.423. The Morgan fingerprint density at radius 3 is 2.37 bits per heavy atom. The second-order valence-electron chi connectivity index (χ2n) is 9.09. The van der Waals surface area contributed by atoms with E-state index >= 15 is 0 Å². The monoisotopic (exact) mass is 480 g/mol. The van der Waals surface area contributed by atoms with Crippen molar-refractivity contribution in [2.75, 3.05) is 26.9 Å². The highest BCUT2D eigenvalue weighted by Crippen LogP contribution is 2.44. The van der Waals surface area contributed by atoms with Crippen LogP contribution in [0.1, 0.15) is 29.9 Å². The van der Waals surface area contributed by atoms with Gasteiger partial charge >= 0.3 is 12.1 Å². The van der Waals surface area contributed by atoms with Crippen LogP contribution in [0.4, 0.5) is 4.79 Å². The van der Waals surface area contributed by atoms with Gasteiger partial charge in [-0.1, -0.05) is 48.5 Å². The van der Waals surface area contributed by atoms with Crippen molar-refractivity contribution in [1.82, 2.24) is 10.2 Å². The van der Waals surface area contributed by atoms with Crippen LogP contribution in [0.25, 0.3) is 11.1 Å². The maximum absolute atomic E-state index is 13.1. The predicted molar refractivity (Wildman–Crippen MR) is 125 cm³/mol. The Labute approximate surface area is 203 Å². The van der Waals surface area contributed by atoms with Gasteiger partial charge in [0.05, 0.1) is 12.1 Å². The lowest BCUT2D eigenvalue weighted by Crippen LogP contribution is -2.52. The van der Waals surface area contributed by atoms with Gasteiger partial charge in [-0.3, -0.25) is 4.79 Å². The quantitative estimate of drug-likeness (QED) is 0.653. The van der Waals surface area contributed by atoms with Gasteiger partial charge in [0.25, 0.3) is 5.91 Å². The smallest absolute Gasteiger partial charge is 0.407 e. The molecule has 0 radical (unpaired) electrons. The molecular formula is C26H28N2O7. The molecule has 4 unspecified atom stereocenters. The summed E-state index contributed by atoms with van der Waals surface area (Å²) < 4.78 is 16.5. The van der Waals surface area contributed by atoms with Gasteiger partial charge in [-0.2, -0.15) is 0 Å². The van der Waals surface area contributed by atoms with Crippen LogP contribution in [0, 0.1) is 0 Å². The van der Waals surface area contributed by atoms with Gasteiger partial charge in [0, 0.05) is 32.6 Å². The number of amides is 2. The largest absolute Gasteiger partial charge is 0.480 e. The molecule has 0 bridgehead atoms. The second-order valence-corrected chi connectivity index (χ2v) is 9.09. The number of nitrogens with one attached hydrogen (secondary N) is 1. The second kappa shape index (κ2) is 9.67. The maximum atomic E-state index is 13.1. The normalized spacial score (nSPS) is 25.2. The van der Waals surface area contributed by atoms with E-state index in [9.17, 15) is 19.5 Å². The minimum absolute atomic E-state index is 0.0719. The van der Waals surface area contributed by atoms with E-state index in [0.717, 1.165) is 22.3 Å². The molecule has 9 nitrogen and oxygen atoms in total. The van der Waals surface area contributed by atoms with Gasteiger partial charge in [-0.25, -0.2) is 9.59 Å². The first kappa shape index (κ1) is 23.3. The minimum Gasteiger partial charge on any atom is -0.480 e. The van der Waals surface area contributed by atoms with Crippen molar-refractivity contribution in [2.45, 2.75) is 43.1 Å². The topological polar surface area (TPSA) is 114 Å². The summed E-state index contributed by atoms with van der Waals surface area (Å²) in [6, 6.07) is 14.6. The summed E-state index contributed by atoms with van der Waals surface area (Å²) in [5.74, 6) is -1.62. The van der Waals surface area contributed by atoms with E-state index in [2.05, 4.69) is 17.4 Å². The lowest BCUT2D eigenvalue weighted by atomic mass is 9.98. The molecule has 0 aromatic heterocycles. The Hall–Kier alpha value is -3.43. The van der Waals surface area contributed by atoms with E-state index in [4.69, 9.17) is 14.2 Å². The Bertz CT molecular complexity index is 1090. The van der Waals surface area contributed by atoms with E-state index in [1.165, 1.54) is 12.0 Å². The number of nitrogens with zero attached hydrogens (tertiary/aromatic N) is 1. The van der Waals surface area contributed by atoms with Crippen molar-refractivity contribution >= 4 is 18.0 Å². The number of fused-ring (bicyclic) bond motifs is 3.